The van der Waals surface area contributed by atoms with Crippen LogP contribution in [0.15, 0.2) is 54.9 Å². The highest BCUT2D eigenvalue weighted by Gasteiger charge is 2.12. The number of halogens is 2. The Kier molecular flexibility index (Phi) is 4.64. The zero-order chi connectivity index (χ0) is 17.1. The molecule has 0 aliphatic carbocycles. The average Bonchev–Trinajstić information content (AvgIpc) is 2.55. The summed E-state index contributed by atoms with van der Waals surface area (Å²) < 4.78 is 0. The number of amides is 1. The lowest BCUT2D eigenvalue weighted by Crippen LogP contribution is -2.12. The maximum absolute atomic E-state index is 12.5. The number of nitrogen functional groups attached to an aromatic ring is 1. The first kappa shape index (κ1) is 16.2. The van der Waals surface area contributed by atoms with Gasteiger partial charge >= 0.3 is 0 Å². The molecule has 7 heteroatoms. The van der Waals surface area contributed by atoms with Crippen molar-refractivity contribution in [1.82, 2.24) is 9.97 Å². The van der Waals surface area contributed by atoms with Gasteiger partial charge in [-0.05, 0) is 24.3 Å². The summed E-state index contributed by atoms with van der Waals surface area (Å²) in [7, 11) is 0. The quantitative estimate of drug-likeness (QED) is 0.731. The first-order chi connectivity index (χ1) is 11.5. The van der Waals surface area contributed by atoms with Crippen molar-refractivity contribution in [2.75, 3.05) is 11.1 Å². The van der Waals surface area contributed by atoms with E-state index in [9.17, 15) is 4.79 Å². The summed E-state index contributed by atoms with van der Waals surface area (Å²) in [4.78, 5) is 20.4. The molecule has 0 saturated heterocycles. The van der Waals surface area contributed by atoms with Crippen LogP contribution in [0.2, 0.25) is 10.0 Å². The fourth-order valence-electron chi connectivity index (χ4n) is 2.20. The van der Waals surface area contributed by atoms with Gasteiger partial charge in [0.05, 0.1) is 0 Å². The maximum Gasteiger partial charge on any atom is 0.255 e. The fraction of sp³-hybridized carbons (Fsp3) is 0. The third-order valence-electron chi connectivity index (χ3n) is 3.28. The molecule has 0 radical (unpaired) electrons. The topological polar surface area (TPSA) is 80.9 Å². The predicted molar refractivity (Wildman–Crippen MR) is 96.3 cm³/mol. The van der Waals surface area contributed by atoms with E-state index in [1.807, 2.05) is 18.2 Å². The molecule has 3 aromatic rings. The van der Waals surface area contributed by atoms with Gasteiger partial charge in [-0.2, -0.15) is 0 Å². The van der Waals surface area contributed by atoms with Crippen molar-refractivity contribution in [2.24, 2.45) is 0 Å². The molecule has 0 aliphatic heterocycles. The molecule has 5 nitrogen and oxygen atoms in total. The molecule has 2 aromatic carbocycles. The van der Waals surface area contributed by atoms with E-state index in [2.05, 4.69) is 15.3 Å². The Morgan fingerprint density at radius 1 is 1.00 bits per heavy atom. The molecule has 0 aliphatic rings. The van der Waals surface area contributed by atoms with Gasteiger partial charge in [-0.25, -0.2) is 9.97 Å². The monoisotopic (exact) mass is 358 g/mol. The standard InChI is InChI=1S/C17H12Cl2N4O/c18-12-5-10(6-13(19)7-12)16(24)23-15-4-2-1-3-14(15)11-8-21-17(20)22-9-11/h1-9H,(H,23,24)(H2,20,21,22). The van der Waals surface area contributed by atoms with Gasteiger partial charge in [0.2, 0.25) is 5.95 Å². The van der Waals surface area contributed by atoms with Gasteiger partial charge in [0.1, 0.15) is 0 Å². The number of nitrogens with one attached hydrogen (secondary N) is 1. The molecule has 24 heavy (non-hydrogen) atoms. The third kappa shape index (κ3) is 3.64. The van der Waals surface area contributed by atoms with Crippen molar-refractivity contribution in [2.45, 2.75) is 0 Å². The maximum atomic E-state index is 12.5. The molecule has 3 rings (SSSR count). The van der Waals surface area contributed by atoms with Crippen LogP contribution in [0, 0.1) is 0 Å². The van der Waals surface area contributed by atoms with Crippen molar-refractivity contribution in [3.63, 3.8) is 0 Å². The number of hydrogen-bond donors (Lipinski definition) is 2. The normalized spacial score (nSPS) is 10.4. The Balaban J connectivity index is 1.93. The first-order valence-electron chi connectivity index (χ1n) is 6.97. The highest BCUT2D eigenvalue weighted by Crippen LogP contribution is 2.28. The van der Waals surface area contributed by atoms with Gasteiger partial charge in [0, 0.05) is 44.8 Å². The summed E-state index contributed by atoms with van der Waals surface area (Å²) in [6, 6.07) is 12.0. The van der Waals surface area contributed by atoms with Gasteiger partial charge in [-0.15, -0.1) is 0 Å². The Hall–Kier alpha value is -2.63. The van der Waals surface area contributed by atoms with Crippen LogP contribution in [0.4, 0.5) is 11.6 Å². The number of anilines is 2. The number of rotatable bonds is 3. The van der Waals surface area contributed by atoms with Gasteiger partial charge in [0.25, 0.3) is 5.91 Å². The number of para-hydroxylation sites is 1. The minimum absolute atomic E-state index is 0.189. The molecule has 1 heterocycles. The highest BCUT2D eigenvalue weighted by atomic mass is 35.5. The van der Waals surface area contributed by atoms with Crippen LogP contribution < -0.4 is 11.1 Å². The van der Waals surface area contributed by atoms with E-state index in [4.69, 9.17) is 28.9 Å². The molecule has 0 spiro atoms. The zero-order valence-electron chi connectivity index (χ0n) is 12.3. The van der Waals surface area contributed by atoms with E-state index in [0.717, 1.165) is 11.1 Å². The molecule has 0 atom stereocenters. The largest absolute Gasteiger partial charge is 0.368 e. The summed E-state index contributed by atoms with van der Waals surface area (Å²) in [5.74, 6) is -0.128. The number of nitrogens with two attached hydrogens (primary N) is 1. The van der Waals surface area contributed by atoms with Crippen molar-refractivity contribution in [3.8, 4) is 11.1 Å². The second kappa shape index (κ2) is 6.86. The van der Waals surface area contributed by atoms with Crippen molar-refractivity contribution < 1.29 is 4.79 Å². The lowest BCUT2D eigenvalue weighted by atomic mass is 10.1. The third-order valence-corrected chi connectivity index (χ3v) is 3.72. The lowest BCUT2D eigenvalue weighted by molar-refractivity contribution is 0.102. The SMILES string of the molecule is Nc1ncc(-c2ccccc2NC(=O)c2cc(Cl)cc(Cl)c2)cn1. The van der Waals surface area contributed by atoms with Crippen LogP contribution >= 0.6 is 23.2 Å². The molecule has 1 aromatic heterocycles. The van der Waals surface area contributed by atoms with Crippen LogP contribution in [0.3, 0.4) is 0 Å². The number of carbonyl (C=O) groups excluding carboxylic acids is 1. The lowest BCUT2D eigenvalue weighted by Gasteiger charge is -2.11. The van der Waals surface area contributed by atoms with Crippen LogP contribution in [0.1, 0.15) is 10.4 Å². The summed E-state index contributed by atoms with van der Waals surface area (Å²) >= 11 is 11.9. The van der Waals surface area contributed by atoms with Crippen LogP contribution in [0.5, 0.6) is 0 Å². The Morgan fingerprint density at radius 2 is 1.62 bits per heavy atom. The summed E-state index contributed by atoms with van der Waals surface area (Å²) in [5.41, 5.74) is 8.02. The summed E-state index contributed by atoms with van der Waals surface area (Å²) in [6.45, 7) is 0. The second-order valence-electron chi connectivity index (χ2n) is 4.99. The van der Waals surface area contributed by atoms with Gasteiger partial charge in [-0.3, -0.25) is 4.79 Å². The van der Waals surface area contributed by atoms with Gasteiger partial charge in [0.15, 0.2) is 0 Å². The molecule has 120 valence electrons. The fourth-order valence-corrected chi connectivity index (χ4v) is 2.73. The minimum Gasteiger partial charge on any atom is -0.368 e. The van der Waals surface area contributed by atoms with E-state index >= 15 is 0 Å². The van der Waals surface area contributed by atoms with E-state index in [1.54, 1.807) is 36.7 Å². The molecule has 0 unspecified atom stereocenters. The first-order valence-corrected chi connectivity index (χ1v) is 7.73. The van der Waals surface area contributed by atoms with Crippen LogP contribution in [-0.2, 0) is 0 Å². The summed E-state index contributed by atoms with van der Waals surface area (Å²) in [6.07, 6.45) is 3.20. The van der Waals surface area contributed by atoms with Gasteiger partial charge in [-0.1, -0.05) is 41.4 Å². The van der Waals surface area contributed by atoms with E-state index in [1.165, 1.54) is 0 Å². The summed E-state index contributed by atoms with van der Waals surface area (Å²) in [5, 5.41) is 3.64. The predicted octanol–water partition coefficient (Wildman–Crippen LogP) is 4.28. The Morgan fingerprint density at radius 3 is 2.29 bits per heavy atom. The van der Waals surface area contributed by atoms with Crippen molar-refractivity contribution in [1.29, 1.82) is 0 Å². The Labute approximate surface area is 148 Å². The molecule has 0 bridgehead atoms. The van der Waals surface area contributed by atoms with Crippen molar-refractivity contribution >= 4 is 40.7 Å². The number of carbonyl (C=O) groups is 1. The smallest absolute Gasteiger partial charge is 0.255 e. The van der Waals surface area contributed by atoms with Crippen LogP contribution in [0.25, 0.3) is 11.1 Å². The number of benzene rings is 2. The number of nitrogens with zero attached hydrogens (tertiary/aromatic N) is 2. The van der Waals surface area contributed by atoms with Crippen molar-refractivity contribution in [3.05, 3.63) is 70.5 Å². The number of hydrogen-bond acceptors (Lipinski definition) is 4. The minimum atomic E-state index is -0.316. The van der Waals surface area contributed by atoms with E-state index < -0.39 is 0 Å². The van der Waals surface area contributed by atoms with E-state index in [0.29, 0.717) is 21.3 Å². The van der Waals surface area contributed by atoms with E-state index in [-0.39, 0.29) is 11.9 Å². The molecular formula is C17H12Cl2N4O. The molecule has 0 fully saturated rings. The van der Waals surface area contributed by atoms with Gasteiger partial charge < -0.3 is 11.1 Å². The zero-order valence-corrected chi connectivity index (χ0v) is 13.8. The number of aromatic nitrogens is 2. The second-order valence-corrected chi connectivity index (χ2v) is 5.86. The molecule has 0 saturated carbocycles. The highest BCUT2D eigenvalue weighted by molar-refractivity contribution is 6.35. The van der Waals surface area contributed by atoms with Crippen LogP contribution in [-0.4, -0.2) is 15.9 Å². The molecule has 1 amide bonds. The molecule has 3 N–H and O–H groups in total. The average molecular weight is 359 g/mol. The molecular weight excluding hydrogens is 347 g/mol. The Bertz CT molecular complexity index is 877.